The molecule has 7 rings (SSSR count). The first-order valence-electron chi connectivity index (χ1n) is 20.3. The fourth-order valence-corrected chi connectivity index (χ4v) is 9.22. The van der Waals surface area contributed by atoms with Gasteiger partial charge in [-0.25, -0.2) is 18.1 Å². The molecule has 1 saturated heterocycles. The minimum Gasteiger partial charge on any atom is -0.496 e. The summed E-state index contributed by atoms with van der Waals surface area (Å²) in [5.41, 5.74) is -0.636. The molecule has 0 radical (unpaired) electrons. The van der Waals surface area contributed by atoms with Crippen molar-refractivity contribution in [2.24, 2.45) is 5.92 Å². The first-order valence-corrected chi connectivity index (χ1v) is 21.8. The number of amides is 4. The highest BCUT2D eigenvalue weighted by Gasteiger charge is 2.63. The van der Waals surface area contributed by atoms with Crippen molar-refractivity contribution in [2.45, 2.75) is 127 Å². The van der Waals surface area contributed by atoms with Crippen molar-refractivity contribution in [3.63, 3.8) is 0 Å². The van der Waals surface area contributed by atoms with Crippen LogP contribution in [0.2, 0.25) is 0 Å². The zero-order valence-electron chi connectivity index (χ0n) is 34.2. The van der Waals surface area contributed by atoms with Crippen molar-refractivity contribution in [3.8, 4) is 17.4 Å². The summed E-state index contributed by atoms with van der Waals surface area (Å²) in [5.74, 6) is -2.32. The second-order valence-corrected chi connectivity index (χ2v) is 18.8. The molecule has 3 fully saturated rings. The standard InChI is InChI=1S/C41H51F2N7O9S/c1-23(2)58-33-20-32(27-13-14-31(57-5)24(3)34(27)45-33)59-26-19-30-36(52)46-41(38(54)48-60(55,56)40(4)16-17-40)21-25(41)11-9-7-6-8-10-12-29(37(53)49(30)22-26)44-35(51)28-15-18-50(47-28)39(42)43/h9,11,13-15,18,20,23,25-26,29-30,39H,6-8,10,12,16-17,19,21-22H2,1-5H3,(H,44,51)(H,46,52)(H,48,54)/b11-9-/t25-,26-,29+,30+,41-/m1/s1. The van der Waals surface area contributed by atoms with Gasteiger partial charge in [0.2, 0.25) is 27.7 Å². The Bertz CT molecular complexity index is 2320. The number of halogens is 2. The van der Waals surface area contributed by atoms with Crippen LogP contribution in [0.25, 0.3) is 10.9 Å². The molecule has 0 spiro atoms. The molecule has 60 heavy (non-hydrogen) atoms. The summed E-state index contributed by atoms with van der Waals surface area (Å²) in [6, 6.07) is 3.89. The van der Waals surface area contributed by atoms with Gasteiger partial charge in [0.25, 0.3) is 11.8 Å². The van der Waals surface area contributed by atoms with Gasteiger partial charge in [-0.2, -0.15) is 13.9 Å². The van der Waals surface area contributed by atoms with Gasteiger partial charge < -0.3 is 29.7 Å². The lowest BCUT2D eigenvalue weighted by Gasteiger charge is -2.30. The Hall–Kier alpha value is -5.33. The van der Waals surface area contributed by atoms with Crippen molar-refractivity contribution in [1.82, 2.24) is 35.0 Å². The van der Waals surface area contributed by atoms with E-state index in [1.807, 2.05) is 32.9 Å². The highest BCUT2D eigenvalue weighted by molar-refractivity contribution is 7.91. The Kier molecular flexibility index (Phi) is 11.8. The average Bonchev–Trinajstić information content (AvgIpc) is 3.96. The first kappa shape index (κ1) is 42.8. The van der Waals surface area contributed by atoms with E-state index in [4.69, 9.17) is 19.2 Å². The predicted octanol–water partition coefficient (Wildman–Crippen LogP) is 4.47. The van der Waals surface area contributed by atoms with Gasteiger partial charge in [0.15, 0.2) is 0 Å². The van der Waals surface area contributed by atoms with Crippen LogP contribution in [-0.4, -0.2) is 99.9 Å². The lowest BCUT2D eigenvalue weighted by Crippen LogP contribution is -2.58. The molecule has 19 heteroatoms. The number of aryl methyl sites for hydroxylation is 1. The third-order valence-electron chi connectivity index (χ3n) is 11.8. The van der Waals surface area contributed by atoms with Gasteiger partial charge in [0, 0.05) is 35.6 Å². The van der Waals surface area contributed by atoms with E-state index in [1.165, 1.54) is 4.90 Å². The molecule has 324 valence electrons. The van der Waals surface area contributed by atoms with Crippen LogP contribution in [-0.2, 0) is 24.4 Å². The number of carbonyl (C=O) groups is 4. The molecule has 5 atom stereocenters. The highest BCUT2D eigenvalue weighted by atomic mass is 32.2. The van der Waals surface area contributed by atoms with E-state index >= 15 is 0 Å². The van der Waals surface area contributed by atoms with Gasteiger partial charge in [-0.1, -0.05) is 25.0 Å². The number of hydrogen-bond donors (Lipinski definition) is 3. The SMILES string of the molecule is COc1ccc2c(O[C@@H]3C[C@H]4C(=O)N[C@]5(C(=O)NS(=O)(=O)C6(C)CC6)C[C@H]5/C=C\CCCCC[C@H](NC(=O)c5ccn(C(F)F)n5)C(=O)N4C3)cc(OC(C)C)nc2c1C. The number of ether oxygens (including phenoxy) is 3. The summed E-state index contributed by atoms with van der Waals surface area (Å²) < 4.78 is 72.7. The second-order valence-electron chi connectivity index (χ2n) is 16.6. The molecule has 4 amide bonds. The van der Waals surface area contributed by atoms with Crippen LogP contribution in [0.15, 0.2) is 42.6 Å². The fourth-order valence-electron chi connectivity index (χ4n) is 7.90. The normalized spacial score (nSPS) is 26.0. The summed E-state index contributed by atoms with van der Waals surface area (Å²) in [6.45, 7) is 4.01. The number of fused-ring (bicyclic) bond motifs is 3. The largest absolute Gasteiger partial charge is 0.496 e. The molecule has 4 aliphatic rings. The molecule has 3 aromatic rings. The summed E-state index contributed by atoms with van der Waals surface area (Å²) in [5, 5.41) is 9.80. The number of hydrogen-bond acceptors (Lipinski definition) is 11. The molecule has 4 heterocycles. The first-order chi connectivity index (χ1) is 28.4. The van der Waals surface area contributed by atoms with Crippen LogP contribution in [0.4, 0.5) is 8.78 Å². The third kappa shape index (κ3) is 8.63. The zero-order valence-corrected chi connectivity index (χ0v) is 35.0. The molecule has 2 saturated carbocycles. The lowest BCUT2D eigenvalue weighted by atomic mass is 10.0. The molecule has 1 aromatic carbocycles. The number of carbonyl (C=O) groups excluding carboxylic acids is 4. The van der Waals surface area contributed by atoms with Gasteiger partial charge in [0.05, 0.1) is 30.0 Å². The average molecular weight is 856 g/mol. The number of aromatic nitrogens is 3. The maximum Gasteiger partial charge on any atom is 0.333 e. The van der Waals surface area contributed by atoms with Crippen LogP contribution < -0.4 is 29.6 Å². The molecule has 0 bridgehead atoms. The Morgan fingerprint density at radius 2 is 1.85 bits per heavy atom. The molecular weight excluding hydrogens is 805 g/mol. The quantitative estimate of drug-likeness (QED) is 0.230. The molecule has 2 aliphatic heterocycles. The Morgan fingerprint density at radius 3 is 2.53 bits per heavy atom. The minimum absolute atomic E-state index is 0.0507. The number of nitrogens with one attached hydrogen (secondary N) is 3. The van der Waals surface area contributed by atoms with E-state index in [-0.39, 0.29) is 43.5 Å². The van der Waals surface area contributed by atoms with Crippen LogP contribution in [0, 0.1) is 12.8 Å². The fraction of sp³-hybridized carbons (Fsp3) is 0.561. The number of nitrogens with zero attached hydrogens (tertiary/aromatic N) is 4. The van der Waals surface area contributed by atoms with E-state index in [2.05, 4.69) is 20.5 Å². The lowest BCUT2D eigenvalue weighted by molar-refractivity contribution is -0.141. The molecule has 2 aliphatic carbocycles. The summed E-state index contributed by atoms with van der Waals surface area (Å²) in [4.78, 5) is 62.7. The van der Waals surface area contributed by atoms with Crippen LogP contribution in [0.3, 0.4) is 0 Å². The summed E-state index contributed by atoms with van der Waals surface area (Å²) in [7, 11) is -2.50. The van der Waals surface area contributed by atoms with E-state index in [0.717, 1.165) is 17.8 Å². The number of methoxy groups -OCH3 is 1. The zero-order chi connectivity index (χ0) is 43.1. The number of benzene rings is 1. The number of sulfonamides is 1. The molecule has 16 nitrogen and oxygen atoms in total. The van der Waals surface area contributed by atoms with Crippen molar-refractivity contribution in [3.05, 3.63) is 53.9 Å². The molecular formula is C41H51F2N7O9S. The van der Waals surface area contributed by atoms with E-state index in [1.54, 1.807) is 32.2 Å². The van der Waals surface area contributed by atoms with Gasteiger partial charge >= 0.3 is 6.55 Å². The molecule has 2 aromatic heterocycles. The summed E-state index contributed by atoms with van der Waals surface area (Å²) in [6.07, 6.45) is 7.15. The van der Waals surface area contributed by atoms with E-state index in [9.17, 15) is 36.4 Å². The van der Waals surface area contributed by atoms with Crippen molar-refractivity contribution < 1.29 is 50.6 Å². The van der Waals surface area contributed by atoms with E-state index < -0.39 is 74.6 Å². The Balaban J connectivity index is 1.23. The van der Waals surface area contributed by atoms with Gasteiger partial charge in [-0.3, -0.25) is 23.9 Å². The number of alkyl halides is 2. The summed E-state index contributed by atoms with van der Waals surface area (Å²) >= 11 is 0. The highest BCUT2D eigenvalue weighted by Crippen LogP contribution is 2.47. The van der Waals surface area contributed by atoms with Gasteiger partial charge in [-0.15, -0.1) is 0 Å². The van der Waals surface area contributed by atoms with Gasteiger partial charge in [0.1, 0.15) is 40.9 Å². The number of rotatable bonds is 11. The maximum absolute atomic E-state index is 14.7. The maximum atomic E-state index is 14.7. The topological polar surface area (TPSA) is 200 Å². The third-order valence-corrected chi connectivity index (χ3v) is 14.0. The van der Waals surface area contributed by atoms with Crippen molar-refractivity contribution >= 4 is 44.6 Å². The number of pyridine rings is 1. The minimum atomic E-state index is -4.05. The van der Waals surface area contributed by atoms with Crippen molar-refractivity contribution in [1.29, 1.82) is 0 Å². The van der Waals surface area contributed by atoms with Crippen LogP contribution in [0.1, 0.15) is 101 Å². The predicted molar refractivity (Wildman–Crippen MR) is 214 cm³/mol. The Morgan fingerprint density at radius 1 is 1.08 bits per heavy atom. The molecule has 0 unspecified atom stereocenters. The van der Waals surface area contributed by atoms with Crippen LogP contribution in [0.5, 0.6) is 17.4 Å². The molecule has 3 N–H and O–H groups in total. The second kappa shape index (κ2) is 16.6. The van der Waals surface area contributed by atoms with E-state index in [0.29, 0.717) is 65.6 Å². The van der Waals surface area contributed by atoms with Crippen molar-refractivity contribution in [2.75, 3.05) is 13.7 Å². The smallest absolute Gasteiger partial charge is 0.333 e. The van der Waals surface area contributed by atoms with Gasteiger partial charge in [-0.05, 0) is 84.4 Å². The number of allylic oxidation sites excluding steroid dienone is 1. The monoisotopic (exact) mass is 855 g/mol. The Labute approximate surface area is 346 Å². The van der Waals surface area contributed by atoms with Crippen LogP contribution >= 0.6 is 0 Å².